The zero-order valence-electron chi connectivity index (χ0n) is 14.1. The average Bonchev–Trinajstić information content (AvgIpc) is 3.15. The standard InChI is InChI=1S/C17H31N3S/c1-5-11-18-12-15-16(13(3)6-2)19-17(21-15)20(4)14-9-7-8-10-14/h13-14,18H,5-12H2,1-4H3. The summed E-state index contributed by atoms with van der Waals surface area (Å²) in [5, 5.41) is 4.77. The summed E-state index contributed by atoms with van der Waals surface area (Å²) < 4.78 is 0. The summed E-state index contributed by atoms with van der Waals surface area (Å²) in [7, 11) is 2.23. The lowest BCUT2D eigenvalue weighted by atomic mass is 10.0. The van der Waals surface area contributed by atoms with Crippen molar-refractivity contribution in [2.45, 2.75) is 77.8 Å². The monoisotopic (exact) mass is 309 g/mol. The van der Waals surface area contributed by atoms with Gasteiger partial charge in [-0.2, -0.15) is 0 Å². The molecule has 0 amide bonds. The van der Waals surface area contributed by atoms with Gasteiger partial charge in [-0.15, -0.1) is 11.3 Å². The Hall–Kier alpha value is -0.610. The second kappa shape index (κ2) is 8.14. The molecule has 3 nitrogen and oxygen atoms in total. The predicted molar refractivity (Wildman–Crippen MR) is 93.5 cm³/mol. The van der Waals surface area contributed by atoms with Gasteiger partial charge in [-0.05, 0) is 38.1 Å². The third kappa shape index (κ3) is 4.19. The van der Waals surface area contributed by atoms with Crippen LogP contribution in [-0.4, -0.2) is 24.6 Å². The van der Waals surface area contributed by atoms with E-state index >= 15 is 0 Å². The number of rotatable bonds is 8. The SMILES string of the molecule is CCCNCc1sc(N(C)C2CCCC2)nc1C(C)CC. The van der Waals surface area contributed by atoms with Crippen LogP contribution in [0.2, 0.25) is 0 Å². The van der Waals surface area contributed by atoms with Gasteiger partial charge in [-0.25, -0.2) is 4.98 Å². The molecule has 0 bridgehead atoms. The molecule has 1 unspecified atom stereocenters. The van der Waals surface area contributed by atoms with Gasteiger partial charge >= 0.3 is 0 Å². The lowest BCUT2D eigenvalue weighted by molar-refractivity contribution is 0.641. The summed E-state index contributed by atoms with van der Waals surface area (Å²) >= 11 is 1.90. The van der Waals surface area contributed by atoms with Crippen molar-refractivity contribution in [3.8, 4) is 0 Å². The van der Waals surface area contributed by atoms with Crippen LogP contribution in [0.15, 0.2) is 0 Å². The summed E-state index contributed by atoms with van der Waals surface area (Å²) in [6.45, 7) is 8.84. The molecule has 4 heteroatoms. The molecule has 1 saturated carbocycles. The first-order valence-electron chi connectivity index (χ1n) is 8.60. The molecule has 1 atom stereocenters. The molecule has 21 heavy (non-hydrogen) atoms. The Morgan fingerprint density at radius 2 is 2.05 bits per heavy atom. The Morgan fingerprint density at radius 3 is 2.67 bits per heavy atom. The van der Waals surface area contributed by atoms with Crippen molar-refractivity contribution in [2.75, 3.05) is 18.5 Å². The fourth-order valence-electron chi connectivity index (χ4n) is 3.03. The number of anilines is 1. The fourth-order valence-corrected chi connectivity index (χ4v) is 4.22. The second-order valence-electron chi connectivity index (χ2n) is 6.34. The molecule has 1 fully saturated rings. The van der Waals surface area contributed by atoms with E-state index in [2.05, 4.69) is 38.0 Å². The fraction of sp³-hybridized carbons (Fsp3) is 0.824. The lowest BCUT2D eigenvalue weighted by Crippen LogP contribution is -2.28. The molecular weight excluding hydrogens is 278 g/mol. The number of aromatic nitrogens is 1. The van der Waals surface area contributed by atoms with Gasteiger partial charge in [-0.3, -0.25) is 0 Å². The van der Waals surface area contributed by atoms with E-state index in [0.29, 0.717) is 12.0 Å². The minimum Gasteiger partial charge on any atom is -0.348 e. The molecule has 0 spiro atoms. The molecule has 0 saturated heterocycles. The van der Waals surface area contributed by atoms with Crippen LogP contribution in [0.1, 0.15) is 75.8 Å². The molecule has 2 rings (SSSR count). The number of hydrogen-bond acceptors (Lipinski definition) is 4. The van der Waals surface area contributed by atoms with Gasteiger partial charge in [0.25, 0.3) is 0 Å². The third-order valence-corrected chi connectivity index (χ3v) is 5.84. The summed E-state index contributed by atoms with van der Waals surface area (Å²) in [6, 6.07) is 0.706. The van der Waals surface area contributed by atoms with Gasteiger partial charge in [0.2, 0.25) is 0 Å². The average molecular weight is 310 g/mol. The first kappa shape index (κ1) is 16.8. The van der Waals surface area contributed by atoms with Gasteiger partial charge in [0.1, 0.15) is 0 Å². The largest absolute Gasteiger partial charge is 0.348 e. The Balaban J connectivity index is 2.13. The first-order chi connectivity index (χ1) is 10.2. The topological polar surface area (TPSA) is 28.2 Å². The van der Waals surface area contributed by atoms with E-state index in [9.17, 15) is 0 Å². The Morgan fingerprint density at radius 1 is 1.33 bits per heavy atom. The highest BCUT2D eigenvalue weighted by atomic mass is 32.1. The molecule has 1 aliphatic rings. The quantitative estimate of drug-likeness (QED) is 0.715. The van der Waals surface area contributed by atoms with Crippen molar-refractivity contribution in [1.82, 2.24) is 10.3 Å². The Bertz CT molecular complexity index is 424. The first-order valence-corrected chi connectivity index (χ1v) is 9.42. The van der Waals surface area contributed by atoms with Crippen LogP contribution >= 0.6 is 11.3 Å². The van der Waals surface area contributed by atoms with E-state index < -0.39 is 0 Å². The van der Waals surface area contributed by atoms with Crippen molar-refractivity contribution in [3.63, 3.8) is 0 Å². The summed E-state index contributed by atoms with van der Waals surface area (Å²) in [6.07, 6.45) is 7.77. The number of nitrogens with zero attached hydrogens (tertiary/aromatic N) is 2. The van der Waals surface area contributed by atoms with Gasteiger partial charge in [0.15, 0.2) is 5.13 Å². The van der Waals surface area contributed by atoms with E-state index in [1.165, 1.54) is 47.8 Å². The Kier molecular flexibility index (Phi) is 6.49. The van der Waals surface area contributed by atoms with E-state index in [1.54, 1.807) is 0 Å². The maximum atomic E-state index is 5.01. The minimum atomic E-state index is 0.561. The van der Waals surface area contributed by atoms with Crippen molar-refractivity contribution < 1.29 is 0 Å². The van der Waals surface area contributed by atoms with Gasteiger partial charge < -0.3 is 10.2 Å². The minimum absolute atomic E-state index is 0.561. The smallest absolute Gasteiger partial charge is 0.185 e. The lowest BCUT2D eigenvalue weighted by Gasteiger charge is -2.23. The van der Waals surface area contributed by atoms with Crippen molar-refractivity contribution in [2.24, 2.45) is 0 Å². The zero-order valence-corrected chi connectivity index (χ0v) is 14.9. The van der Waals surface area contributed by atoms with E-state index in [-0.39, 0.29) is 0 Å². The van der Waals surface area contributed by atoms with Gasteiger partial charge in [0, 0.05) is 24.5 Å². The molecular formula is C17H31N3S. The number of hydrogen-bond donors (Lipinski definition) is 1. The van der Waals surface area contributed by atoms with Crippen LogP contribution < -0.4 is 10.2 Å². The zero-order chi connectivity index (χ0) is 15.2. The van der Waals surface area contributed by atoms with E-state index in [1.807, 2.05) is 11.3 Å². The van der Waals surface area contributed by atoms with Gasteiger partial charge in [-0.1, -0.05) is 33.6 Å². The molecule has 0 aromatic carbocycles. The summed E-state index contributed by atoms with van der Waals surface area (Å²) in [4.78, 5) is 8.89. The molecule has 1 aliphatic carbocycles. The number of thiazole rings is 1. The van der Waals surface area contributed by atoms with E-state index in [0.717, 1.165) is 19.5 Å². The number of nitrogens with one attached hydrogen (secondary N) is 1. The highest BCUT2D eigenvalue weighted by molar-refractivity contribution is 7.15. The molecule has 1 aromatic rings. The molecule has 1 aromatic heterocycles. The van der Waals surface area contributed by atoms with Crippen LogP contribution in [0.4, 0.5) is 5.13 Å². The van der Waals surface area contributed by atoms with Crippen LogP contribution in [0.3, 0.4) is 0 Å². The maximum absolute atomic E-state index is 5.01. The molecule has 0 radical (unpaired) electrons. The predicted octanol–water partition coefficient (Wildman–Crippen LogP) is 4.54. The van der Waals surface area contributed by atoms with Crippen LogP contribution in [0.25, 0.3) is 0 Å². The van der Waals surface area contributed by atoms with Crippen molar-refractivity contribution in [1.29, 1.82) is 0 Å². The van der Waals surface area contributed by atoms with Crippen LogP contribution in [-0.2, 0) is 6.54 Å². The molecule has 120 valence electrons. The Labute approximate surface area is 134 Å². The normalized spacial score (nSPS) is 17.3. The molecule has 1 N–H and O–H groups in total. The van der Waals surface area contributed by atoms with E-state index in [4.69, 9.17) is 4.98 Å². The maximum Gasteiger partial charge on any atom is 0.185 e. The van der Waals surface area contributed by atoms with Crippen molar-refractivity contribution in [3.05, 3.63) is 10.6 Å². The molecule has 0 aliphatic heterocycles. The van der Waals surface area contributed by atoms with Gasteiger partial charge in [0.05, 0.1) is 5.69 Å². The van der Waals surface area contributed by atoms with Crippen LogP contribution in [0, 0.1) is 0 Å². The highest BCUT2D eigenvalue weighted by Crippen LogP contribution is 2.35. The summed E-state index contributed by atoms with van der Waals surface area (Å²) in [5.74, 6) is 0.561. The molecule has 1 heterocycles. The summed E-state index contributed by atoms with van der Waals surface area (Å²) in [5.41, 5.74) is 1.32. The second-order valence-corrected chi connectivity index (χ2v) is 7.40. The highest BCUT2D eigenvalue weighted by Gasteiger charge is 2.24. The van der Waals surface area contributed by atoms with Crippen LogP contribution in [0.5, 0.6) is 0 Å². The third-order valence-electron chi connectivity index (χ3n) is 4.68. The van der Waals surface area contributed by atoms with Crippen molar-refractivity contribution >= 4 is 16.5 Å².